The van der Waals surface area contributed by atoms with E-state index in [0.717, 1.165) is 0 Å². The first-order valence-corrected chi connectivity index (χ1v) is 2.39. The summed E-state index contributed by atoms with van der Waals surface area (Å²) in [4.78, 5) is 5.03. The summed E-state index contributed by atoms with van der Waals surface area (Å²) in [6.45, 7) is 0. The Hall–Kier alpha value is 0.376. The fourth-order valence-electron chi connectivity index (χ4n) is 0.223. The molecule has 0 atom stereocenters. The maximum atomic E-state index is 6.70. The van der Waals surface area contributed by atoms with Crippen molar-refractivity contribution in [2.24, 2.45) is 16.5 Å². The van der Waals surface area contributed by atoms with Crippen LogP contribution in [0, 0.1) is 5.41 Å². The van der Waals surface area contributed by atoms with Gasteiger partial charge in [0.15, 0.2) is 5.96 Å². The minimum absolute atomic E-state index is 0. The largest absolute Gasteiger partial charge is 1.00 e. The van der Waals surface area contributed by atoms with Crippen LogP contribution < -0.4 is 62.9 Å². The molecule has 0 saturated carbocycles. The number of rotatable bonds is 0. The van der Waals surface area contributed by atoms with Crippen molar-refractivity contribution < 1.29 is 52.8 Å². The normalized spacial score (nSPS) is 10.0. The quantitative estimate of drug-likeness (QED) is 0.195. The summed E-state index contributed by atoms with van der Waals surface area (Å²) in [5.41, 5.74) is 10.2. The third-order valence-electron chi connectivity index (χ3n) is 0.693. The summed E-state index contributed by atoms with van der Waals surface area (Å²) < 4.78 is 0. The van der Waals surface area contributed by atoms with E-state index in [1.165, 1.54) is 0 Å². The zero-order valence-corrected chi connectivity index (χ0v) is 9.67. The predicted octanol–water partition coefficient (Wildman–Crippen LogP) is -4.13. The Bertz CT molecular complexity index is 145. The van der Waals surface area contributed by atoms with Crippen molar-refractivity contribution in [2.45, 2.75) is 0 Å². The zero-order valence-electron chi connectivity index (χ0n) is 7.55. The van der Waals surface area contributed by atoms with E-state index < -0.39 is 0 Å². The fourth-order valence-corrected chi connectivity index (χ4v) is 0.223. The van der Waals surface area contributed by atoms with Crippen molar-refractivity contribution >= 4 is 11.9 Å². The molecule has 5 nitrogen and oxygen atoms in total. The molecular weight excluding hydrogens is 157 g/mol. The standard InChI is InChI=1S/C4H11N5.K.H/c1-9(2)4(7)8-3(5)6;;/h1-2H3,(H5,5,6,7,8);;/q;+1;-1. The van der Waals surface area contributed by atoms with Gasteiger partial charge in [0.2, 0.25) is 5.96 Å². The van der Waals surface area contributed by atoms with Crippen LogP contribution in [0.15, 0.2) is 4.99 Å². The van der Waals surface area contributed by atoms with Crippen LogP contribution in [0.2, 0.25) is 0 Å². The topological polar surface area (TPSA) is 91.5 Å². The Morgan fingerprint density at radius 2 is 1.90 bits per heavy atom. The summed E-state index contributed by atoms with van der Waals surface area (Å²) in [6.07, 6.45) is 0. The van der Waals surface area contributed by atoms with Crippen molar-refractivity contribution in [1.29, 1.82) is 5.41 Å². The number of hydrogen-bond acceptors (Lipinski definition) is 1. The van der Waals surface area contributed by atoms with Gasteiger partial charge in [0.1, 0.15) is 0 Å². The summed E-state index contributed by atoms with van der Waals surface area (Å²) in [7, 11) is 3.45. The second-order valence-corrected chi connectivity index (χ2v) is 1.75. The predicted molar refractivity (Wildman–Crippen MR) is 38.3 cm³/mol. The van der Waals surface area contributed by atoms with E-state index in [0.29, 0.717) is 0 Å². The summed E-state index contributed by atoms with van der Waals surface area (Å²) >= 11 is 0. The van der Waals surface area contributed by atoms with Gasteiger partial charge in [-0.05, 0) is 0 Å². The zero-order chi connectivity index (χ0) is 7.44. The first-order valence-electron chi connectivity index (χ1n) is 2.39. The fraction of sp³-hybridized carbons (Fsp3) is 0.500. The van der Waals surface area contributed by atoms with Gasteiger partial charge in [-0.1, -0.05) is 0 Å². The summed E-state index contributed by atoms with van der Waals surface area (Å²) in [5.74, 6) is -0.0382. The van der Waals surface area contributed by atoms with E-state index in [-0.39, 0.29) is 64.7 Å². The maximum Gasteiger partial charge on any atom is 1.00 e. The monoisotopic (exact) mass is 169 g/mol. The van der Waals surface area contributed by atoms with Crippen LogP contribution in [0.5, 0.6) is 0 Å². The number of guanidine groups is 2. The molecular formula is C4H12KN5. The second kappa shape index (κ2) is 6.11. The minimum Gasteiger partial charge on any atom is -1.00 e. The van der Waals surface area contributed by atoms with Crippen molar-refractivity contribution in [2.75, 3.05) is 14.1 Å². The van der Waals surface area contributed by atoms with E-state index in [4.69, 9.17) is 16.9 Å². The van der Waals surface area contributed by atoms with Gasteiger partial charge >= 0.3 is 51.4 Å². The first kappa shape index (κ1) is 13.0. The summed E-state index contributed by atoms with van der Waals surface area (Å²) in [5, 5.41) is 6.70. The molecule has 0 aromatic carbocycles. The van der Waals surface area contributed by atoms with Crippen LogP contribution in [0.3, 0.4) is 0 Å². The molecule has 0 fully saturated rings. The third kappa shape index (κ3) is 6.50. The molecule has 0 saturated heterocycles. The molecule has 5 N–H and O–H groups in total. The van der Waals surface area contributed by atoms with Gasteiger partial charge in [-0.25, -0.2) is 0 Å². The molecule has 6 heteroatoms. The SMILES string of the molecule is CN(C)C(N)=NC(=N)N.[H-].[K+]. The second-order valence-electron chi connectivity index (χ2n) is 1.75. The molecule has 0 unspecified atom stereocenters. The van der Waals surface area contributed by atoms with Crippen molar-refractivity contribution in [3.8, 4) is 0 Å². The number of nitrogens with one attached hydrogen (secondary N) is 1. The molecule has 0 heterocycles. The van der Waals surface area contributed by atoms with Crippen LogP contribution in [-0.4, -0.2) is 30.9 Å². The molecule has 0 bridgehead atoms. The Kier molecular flexibility index (Phi) is 7.94. The molecule has 0 aliphatic heterocycles. The van der Waals surface area contributed by atoms with Crippen LogP contribution in [-0.2, 0) is 0 Å². The van der Waals surface area contributed by atoms with E-state index >= 15 is 0 Å². The van der Waals surface area contributed by atoms with Crippen LogP contribution in [0.4, 0.5) is 0 Å². The van der Waals surface area contributed by atoms with Gasteiger partial charge in [-0.3, -0.25) is 5.41 Å². The first-order chi connectivity index (χ1) is 4.04. The number of nitrogens with two attached hydrogens (primary N) is 2. The smallest absolute Gasteiger partial charge is 1.00 e. The molecule has 54 valence electrons. The van der Waals surface area contributed by atoms with Gasteiger partial charge < -0.3 is 17.8 Å². The van der Waals surface area contributed by atoms with E-state index in [1.54, 1.807) is 19.0 Å². The summed E-state index contributed by atoms with van der Waals surface area (Å²) in [6, 6.07) is 0. The van der Waals surface area contributed by atoms with Crippen molar-refractivity contribution in [1.82, 2.24) is 4.90 Å². The molecule has 0 aromatic heterocycles. The van der Waals surface area contributed by atoms with Crippen molar-refractivity contribution in [3.05, 3.63) is 0 Å². The average molecular weight is 169 g/mol. The Balaban J connectivity index is -0.000000320. The third-order valence-corrected chi connectivity index (χ3v) is 0.693. The minimum atomic E-state index is -0.277. The molecule has 0 rings (SSSR count). The molecule has 0 aliphatic rings. The Morgan fingerprint density at radius 3 is 2.00 bits per heavy atom. The average Bonchev–Trinajstić information content (AvgIpc) is 1.63. The van der Waals surface area contributed by atoms with Gasteiger partial charge in [0.25, 0.3) is 0 Å². The molecule has 0 spiro atoms. The molecule has 0 aliphatic carbocycles. The molecule has 10 heavy (non-hydrogen) atoms. The molecule has 0 aromatic rings. The van der Waals surface area contributed by atoms with Crippen molar-refractivity contribution in [3.63, 3.8) is 0 Å². The van der Waals surface area contributed by atoms with E-state index in [1.807, 2.05) is 0 Å². The van der Waals surface area contributed by atoms with Gasteiger partial charge in [-0.15, -0.1) is 0 Å². The maximum absolute atomic E-state index is 6.70. The van der Waals surface area contributed by atoms with E-state index in [9.17, 15) is 0 Å². The molecule has 0 radical (unpaired) electrons. The van der Waals surface area contributed by atoms with Crippen LogP contribution in [0.1, 0.15) is 1.43 Å². The van der Waals surface area contributed by atoms with Gasteiger partial charge in [0, 0.05) is 14.1 Å². The van der Waals surface area contributed by atoms with Crippen LogP contribution >= 0.6 is 0 Å². The van der Waals surface area contributed by atoms with Crippen LogP contribution in [0.25, 0.3) is 0 Å². The molecule has 0 amide bonds. The number of nitrogens with zero attached hydrogens (tertiary/aromatic N) is 2. The Morgan fingerprint density at radius 1 is 1.50 bits per heavy atom. The number of hydrogen-bond donors (Lipinski definition) is 3. The van der Waals surface area contributed by atoms with Gasteiger partial charge in [-0.2, -0.15) is 4.99 Å². The van der Waals surface area contributed by atoms with Gasteiger partial charge in [0.05, 0.1) is 0 Å². The van der Waals surface area contributed by atoms with E-state index in [2.05, 4.69) is 4.99 Å². The Labute approximate surface area is 104 Å². The number of aliphatic imine (C=N–C) groups is 1.